The number of carbonyl (C=O) groups is 2. The summed E-state index contributed by atoms with van der Waals surface area (Å²) in [5.41, 5.74) is 0.674. The van der Waals surface area contributed by atoms with Crippen molar-refractivity contribution in [1.29, 1.82) is 0 Å². The van der Waals surface area contributed by atoms with E-state index in [1.807, 2.05) is 0 Å². The smallest absolute Gasteiger partial charge is 0.270 e. The highest BCUT2D eigenvalue weighted by molar-refractivity contribution is 5.99. The van der Waals surface area contributed by atoms with Crippen molar-refractivity contribution in [2.75, 3.05) is 0 Å². The first-order valence-electron chi connectivity index (χ1n) is 5.39. The van der Waals surface area contributed by atoms with Gasteiger partial charge in [-0.2, -0.15) is 0 Å². The Morgan fingerprint density at radius 1 is 1.39 bits per heavy atom. The second kappa shape index (κ2) is 5.39. The van der Waals surface area contributed by atoms with Crippen molar-refractivity contribution in [1.82, 2.24) is 5.32 Å². The molecule has 1 aromatic carbocycles. The summed E-state index contributed by atoms with van der Waals surface area (Å²) in [7, 11) is 0. The molecule has 96 valence electrons. The highest BCUT2D eigenvalue weighted by atomic mass is 16.6. The number of rotatable bonds is 4. The van der Waals surface area contributed by atoms with Gasteiger partial charge in [-0.15, -0.1) is 0 Å². The third-order valence-corrected chi connectivity index (χ3v) is 2.63. The molecule has 0 aromatic heterocycles. The fraction of sp³-hybridized carbons (Fsp3) is 0.333. The molecule has 1 unspecified atom stereocenters. The number of nitro groups is 1. The number of ketones is 1. The number of carbonyl (C=O) groups excluding carboxylic acids is 2. The van der Waals surface area contributed by atoms with E-state index in [-0.39, 0.29) is 17.0 Å². The Labute approximate surface area is 104 Å². The number of non-ortho nitro benzene ring substituents is 1. The van der Waals surface area contributed by atoms with Crippen LogP contribution in [0.1, 0.15) is 29.8 Å². The molecule has 18 heavy (non-hydrogen) atoms. The Bertz CT molecular complexity index is 511. The van der Waals surface area contributed by atoms with E-state index in [0.717, 1.165) is 0 Å². The number of hydrogen-bond donors (Lipinski definition) is 1. The molecule has 0 spiro atoms. The lowest BCUT2D eigenvalue weighted by molar-refractivity contribution is -0.384. The molecule has 0 aliphatic rings. The monoisotopic (exact) mass is 250 g/mol. The van der Waals surface area contributed by atoms with Crippen LogP contribution in [0.25, 0.3) is 0 Å². The molecular formula is C12H14N2O4. The van der Waals surface area contributed by atoms with Crippen LogP contribution in [0.2, 0.25) is 0 Å². The summed E-state index contributed by atoms with van der Waals surface area (Å²) < 4.78 is 0. The van der Waals surface area contributed by atoms with Gasteiger partial charge in [0.25, 0.3) is 11.6 Å². The standard InChI is InChI=1S/C12H14N2O4/c1-7-4-5-10(14(17)18)6-11(7)12(16)13-8(2)9(3)15/h4-6,8H,1-3H3,(H,13,16). The summed E-state index contributed by atoms with van der Waals surface area (Å²) in [6.45, 7) is 4.61. The first-order chi connectivity index (χ1) is 8.32. The number of Topliss-reactive ketones (excluding diaryl/α,β-unsaturated/α-hetero) is 1. The van der Waals surface area contributed by atoms with Gasteiger partial charge in [0.2, 0.25) is 0 Å². The average molecular weight is 250 g/mol. The van der Waals surface area contributed by atoms with Gasteiger partial charge in [-0.1, -0.05) is 6.07 Å². The maximum Gasteiger partial charge on any atom is 0.270 e. The van der Waals surface area contributed by atoms with Gasteiger partial charge in [-0.3, -0.25) is 19.7 Å². The Morgan fingerprint density at radius 3 is 2.50 bits per heavy atom. The number of hydrogen-bond acceptors (Lipinski definition) is 4. The first-order valence-corrected chi connectivity index (χ1v) is 5.39. The zero-order chi connectivity index (χ0) is 13.9. The normalized spacial score (nSPS) is 11.7. The van der Waals surface area contributed by atoms with Crippen LogP contribution in [0, 0.1) is 17.0 Å². The van der Waals surface area contributed by atoms with Crippen LogP contribution in [-0.4, -0.2) is 22.7 Å². The van der Waals surface area contributed by atoms with Crippen molar-refractivity contribution >= 4 is 17.4 Å². The minimum atomic E-state index is -0.615. The van der Waals surface area contributed by atoms with Crippen molar-refractivity contribution in [3.05, 3.63) is 39.4 Å². The second-order valence-corrected chi connectivity index (χ2v) is 4.06. The van der Waals surface area contributed by atoms with Crippen molar-refractivity contribution in [2.45, 2.75) is 26.8 Å². The van der Waals surface area contributed by atoms with Crippen LogP contribution in [0.4, 0.5) is 5.69 Å². The van der Waals surface area contributed by atoms with E-state index in [9.17, 15) is 19.7 Å². The highest BCUT2D eigenvalue weighted by Gasteiger charge is 2.17. The van der Waals surface area contributed by atoms with Crippen LogP contribution in [0.5, 0.6) is 0 Å². The molecule has 6 nitrogen and oxygen atoms in total. The van der Waals surface area contributed by atoms with Crippen molar-refractivity contribution < 1.29 is 14.5 Å². The molecule has 0 fully saturated rings. The minimum absolute atomic E-state index is 0.152. The minimum Gasteiger partial charge on any atom is -0.343 e. The number of amides is 1. The molecule has 0 bridgehead atoms. The van der Waals surface area contributed by atoms with E-state index in [1.165, 1.54) is 25.1 Å². The molecule has 0 heterocycles. The van der Waals surface area contributed by atoms with Crippen LogP contribution in [0.3, 0.4) is 0 Å². The number of nitro benzene ring substituents is 1. The van der Waals surface area contributed by atoms with Gasteiger partial charge >= 0.3 is 0 Å². The molecule has 1 rings (SSSR count). The lowest BCUT2D eigenvalue weighted by Gasteiger charge is -2.11. The molecule has 6 heteroatoms. The van der Waals surface area contributed by atoms with Crippen molar-refractivity contribution in [3.63, 3.8) is 0 Å². The largest absolute Gasteiger partial charge is 0.343 e. The maximum atomic E-state index is 11.9. The number of aryl methyl sites for hydroxylation is 1. The van der Waals surface area contributed by atoms with Crippen LogP contribution in [-0.2, 0) is 4.79 Å². The van der Waals surface area contributed by atoms with E-state index < -0.39 is 16.9 Å². The third-order valence-electron chi connectivity index (χ3n) is 2.63. The van der Waals surface area contributed by atoms with Crippen LogP contribution in [0.15, 0.2) is 18.2 Å². The quantitative estimate of drug-likeness (QED) is 0.649. The molecule has 0 saturated carbocycles. The van der Waals surface area contributed by atoms with Crippen molar-refractivity contribution in [3.8, 4) is 0 Å². The highest BCUT2D eigenvalue weighted by Crippen LogP contribution is 2.17. The second-order valence-electron chi connectivity index (χ2n) is 4.06. The van der Waals surface area contributed by atoms with Gasteiger partial charge in [0.05, 0.1) is 11.0 Å². The summed E-state index contributed by atoms with van der Waals surface area (Å²) in [6.07, 6.45) is 0. The average Bonchev–Trinajstić information content (AvgIpc) is 2.28. The summed E-state index contributed by atoms with van der Waals surface area (Å²) in [5.74, 6) is -0.662. The van der Waals surface area contributed by atoms with Gasteiger partial charge in [0.15, 0.2) is 5.78 Å². The van der Waals surface area contributed by atoms with Crippen molar-refractivity contribution in [2.24, 2.45) is 0 Å². The zero-order valence-electron chi connectivity index (χ0n) is 10.4. The third kappa shape index (κ3) is 3.13. The molecule has 1 atom stereocenters. The number of nitrogens with zero attached hydrogens (tertiary/aromatic N) is 1. The molecule has 0 saturated heterocycles. The summed E-state index contributed by atoms with van der Waals surface area (Å²) in [4.78, 5) is 33.0. The zero-order valence-corrected chi connectivity index (χ0v) is 10.4. The van der Waals surface area contributed by atoms with Gasteiger partial charge < -0.3 is 5.32 Å². The molecule has 0 aliphatic heterocycles. The predicted octanol–water partition coefficient (Wildman–Crippen LogP) is 1.61. The molecule has 1 N–H and O–H groups in total. The van der Waals surface area contributed by atoms with Gasteiger partial charge in [0, 0.05) is 17.7 Å². The van der Waals surface area contributed by atoms with E-state index in [4.69, 9.17) is 0 Å². The van der Waals surface area contributed by atoms with E-state index in [1.54, 1.807) is 13.8 Å². The predicted molar refractivity (Wildman–Crippen MR) is 65.4 cm³/mol. The topological polar surface area (TPSA) is 89.3 Å². The van der Waals surface area contributed by atoms with E-state index >= 15 is 0 Å². The number of benzene rings is 1. The number of nitrogens with one attached hydrogen (secondary N) is 1. The van der Waals surface area contributed by atoms with E-state index in [0.29, 0.717) is 5.56 Å². The Morgan fingerprint density at radius 2 is 2.00 bits per heavy atom. The molecule has 1 aromatic rings. The lowest BCUT2D eigenvalue weighted by Crippen LogP contribution is -2.37. The first kappa shape index (κ1) is 13.8. The Balaban J connectivity index is 3.01. The Kier molecular flexibility index (Phi) is 4.14. The molecular weight excluding hydrogens is 236 g/mol. The van der Waals surface area contributed by atoms with Gasteiger partial charge in [-0.25, -0.2) is 0 Å². The lowest BCUT2D eigenvalue weighted by atomic mass is 10.1. The van der Waals surface area contributed by atoms with Crippen LogP contribution >= 0.6 is 0 Å². The van der Waals surface area contributed by atoms with E-state index in [2.05, 4.69) is 5.32 Å². The summed E-state index contributed by atoms with van der Waals surface area (Å²) >= 11 is 0. The summed E-state index contributed by atoms with van der Waals surface area (Å²) in [5, 5.41) is 13.1. The van der Waals surface area contributed by atoms with Gasteiger partial charge in [0.1, 0.15) is 0 Å². The molecule has 0 radical (unpaired) electrons. The Hall–Kier alpha value is -2.24. The summed E-state index contributed by atoms with van der Waals surface area (Å²) in [6, 6.07) is 3.43. The molecule has 0 aliphatic carbocycles. The van der Waals surface area contributed by atoms with Gasteiger partial charge in [-0.05, 0) is 26.3 Å². The SMILES string of the molecule is CC(=O)C(C)NC(=O)c1cc([N+](=O)[O-])ccc1C. The molecule has 1 amide bonds. The fourth-order valence-corrected chi connectivity index (χ4v) is 1.34. The maximum absolute atomic E-state index is 11.9. The fourth-order valence-electron chi connectivity index (χ4n) is 1.34. The van der Waals surface area contributed by atoms with Crippen LogP contribution < -0.4 is 5.32 Å².